The SMILES string of the molecule is Fc1ccc(CN2CCC[C@@H](c3nc4c5cnn(-c6ccccc6)c5ncn4n3)C2)cc1. The van der Waals surface area contributed by atoms with Crippen molar-refractivity contribution < 1.29 is 4.39 Å². The number of rotatable bonds is 4. The molecule has 32 heavy (non-hydrogen) atoms. The minimum atomic E-state index is -0.199. The lowest BCUT2D eigenvalue weighted by molar-refractivity contribution is 0.196. The van der Waals surface area contributed by atoms with Crippen LogP contribution in [-0.2, 0) is 6.54 Å². The number of halogens is 1. The summed E-state index contributed by atoms with van der Waals surface area (Å²) in [5, 5.41) is 10.2. The van der Waals surface area contributed by atoms with Crippen molar-refractivity contribution >= 4 is 16.7 Å². The number of piperidine rings is 1. The van der Waals surface area contributed by atoms with Gasteiger partial charge < -0.3 is 0 Å². The van der Waals surface area contributed by atoms with Gasteiger partial charge in [0.15, 0.2) is 17.1 Å². The Morgan fingerprint density at radius 3 is 2.69 bits per heavy atom. The van der Waals surface area contributed by atoms with Crippen LogP contribution in [-0.4, -0.2) is 47.4 Å². The third-order valence-corrected chi connectivity index (χ3v) is 6.11. The quantitative estimate of drug-likeness (QED) is 0.434. The fourth-order valence-corrected chi connectivity index (χ4v) is 4.53. The number of nitrogens with zero attached hydrogens (tertiary/aromatic N) is 7. The Morgan fingerprint density at radius 1 is 1.00 bits per heavy atom. The van der Waals surface area contributed by atoms with Gasteiger partial charge in [0.05, 0.1) is 17.3 Å². The lowest BCUT2D eigenvalue weighted by Crippen LogP contribution is -2.34. The largest absolute Gasteiger partial charge is 0.298 e. The Labute approximate surface area is 184 Å². The lowest BCUT2D eigenvalue weighted by atomic mass is 9.97. The molecule has 6 rings (SSSR count). The fraction of sp³-hybridized carbons (Fsp3) is 0.250. The van der Waals surface area contributed by atoms with Crippen LogP contribution in [0, 0.1) is 5.82 Å². The summed E-state index contributed by atoms with van der Waals surface area (Å²) in [6.07, 6.45) is 5.66. The van der Waals surface area contributed by atoms with Crippen LogP contribution in [0.4, 0.5) is 4.39 Å². The van der Waals surface area contributed by atoms with E-state index in [0.717, 1.165) is 66.2 Å². The molecule has 160 valence electrons. The molecule has 1 aliphatic heterocycles. The van der Waals surface area contributed by atoms with E-state index in [0.29, 0.717) is 0 Å². The molecule has 0 aliphatic carbocycles. The molecule has 0 unspecified atom stereocenters. The average molecular weight is 427 g/mol. The van der Waals surface area contributed by atoms with Gasteiger partial charge in [-0.1, -0.05) is 30.3 Å². The minimum absolute atomic E-state index is 0.199. The van der Waals surface area contributed by atoms with Crippen LogP contribution in [0.15, 0.2) is 67.1 Å². The van der Waals surface area contributed by atoms with Crippen LogP contribution in [0.25, 0.3) is 22.4 Å². The van der Waals surface area contributed by atoms with Gasteiger partial charge in [-0.2, -0.15) is 5.10 Å². The van der Waals surface area contributed by atoms with Gasteiger partial charge in [0.2, 0.25) is 0 Å². The highest BCUT2D eigenvalue weighted by Gasteiger charge is 2.25. The number of benzene rings is 2. The molecule has 1 saturated heterocycles. The Balaban J connectivity index is 1.29. The maximum Gasteiger partial charge on any atom is 0.170 e. The van der Waals surface area contributed by atoms with E-state index in [4.69, 9.17) is 10.1 Å². The molecule has 8 heteroatoms. The predicted molar refractivity (Wildman–Crippen MR) is 119 cm³/mol. The van der Waals surface area contributed by atoms with Crippen LogP contribution in [0.5, 0.6) is 0 Å². The molecule has 0 saturated carbocycles. The molecule has 5 aromatic rings. The van der Waals surface area contributed by atoms with Gasteiger partial charge in [0, 0.05) is 19.0 Å². The van der Waals surface area contributed by atoms with Gasteiger partial charge in [-0.25, -0.2) is 23.6 Å². The van der Waals surface area contributed by atoms with Crippen LogP contribution >= 0.6 is 0 Å². The summed E-state index contributed by atoms with van der Waals surface area (Å²) in [6, 6.07) is 16.7. The first-order valence-electron chi connectivity index (χ1n) is 10.9. The summed E-state index contributed by atoms with van der Waals surface area (Å²) in [7, 11) is 0. The second-order valence-corrected chi connectivity index (χ2v) is 8.31. The maximum absolute atomic E-state index is 13.2. The number of fused-ring (bicyclic) bond motifs is 3. The highest BCUT2D eigenvalue weighted by Crippen LogP contribution is 2.27. The molecule has 1 fully saturated rings. The van der Waals surface area contributed by atoms with Gasteiger partial charge in [-0.3, -0.25) is 4.90 Å². The Kier molecular flexibility index (Phi) is 4.65. The molecule has 0 bridgehead atoms. The standard InChI is InChI=1S/C24H22FN7/c25-19-10-8-17(9-11-19)14-30-12-4-5-18(15-30)22-28-24-21-13-27-32(20-6-2-1-3-7-20)23(21)26-16-31(24)29-22/h1-3,6-11,13,16,18H,4-5,12,14-15H2/t18-/m1/s1. The second kappa shape index (κ2) is 7.80. The molecular weight excluding hydrogens is 405 g/mol. The fourth-order valence-electron chi connectivity index (χ4n) is 4.53. The van der Waals surface area contributed by atoms with E-state index in [1.807, 2.05) is 53.3 Å². The van der Waals surface area contributed by atoms with Crippen LogP contribution in [0.1, 0.15) is 30.1 Å². The van der Waals surface area contributed by atoms with Gasteiger partial charge in [-0.15, -0.1) is 5.10 Å². The molecule has 1 atom stereocenters. The minimum Gasteiger partial charge on any atom is -0.298 e. The number of aromatic nitrogens is 6. The van der Waals surface area contributed by atoms with Crippen LogP contribution in [0.2, 0.25) is 0 Å². The highest BCUT2D eigenvalue weighted by molar-refractivity contribution is 5.89. The van der Waals surface area contributed by atoms with E-state index in [1.165, 1.54) is 12.1 Å². The Morgan fingerprint density at radius 2 is 1.84 bits per heavy atom. The number of hydrogen-bond acceptors (Lipinski definition) is 5. The smallest absolute Gasteiger partial charge is 0.170 e. The zero-order valence-electron chi connectivity index (χ0n) is 17.5. The number of likely N-dealkylation sites (tertiary alicyclic amines) is 1. The Hall–Kier alpha value is -3.65. The summed E-state index contributed by atoms with van der Waals surface area (Å²) in [5.41, 5.74) is 3.63. The van der Waals surface area contributed by atoms with Gasteiger partial charge >= 0.3 is 0 Å². The summed E-state index contributed by atoms with van der Waals surface area (Å²) < 4.78 is 16.8. The first kappa shape index (κ1) is 19.1. The molecule has 0 spiro atoms. The van der Waals surface area contributed by atoms with Crippen molar-refractivity contribution in [3.8, 4) is 5.69 Å². The van der Waals surface area contributed by atoms with Crippen molar-refractivity contribution in [2.24, 2.45) is 0 Å². The third-order valence-electron chi connectivity index (χ3n) is 6.11. The van der Waals surface area contributed by atoms with Crippen molar-refractivity contribution in [1.82, 2.24) is 34.3 Å². The van der Waals surface area contributed by atoms with Gasteiger partial charge in [0.1, 0.15) is 12.1 Å². The van der Waals surface area contributed by atoms with Crippen molar-refractivity contribution in [2.45, 2.75) is 25.3 Å². The molecule has 1 aliphatic rings. The molecule has 0 radical (unpaired) electrons. The molecule has 0 amide bonds. The van der Waals surface area contributed by atoms with Crippen molar-refractivity contribution in [3.63, 3.8) is 0 Å². The molecule has 2 aromatic carbocycles. The van der Waals surface area contributed by atoms with E-state index in [2.05, 4.69) is 15.0 Å². The zero-order valence-corrected chi connectivity index (χ0v) is 17.5. The van der Waals surface area contributed by atoms with Gasteiger partial charge in [-0.05, 0) is 49.2 Å². The third kappa shape index (κ3) is 3.42. The highest BCUT2D eigenvalue weighted by atomic mass is 19.1. The van der Waals surface area contributed by atoms with Crippen LogP contribution in [0.3, 0.4) is 0 Å². The van der Waals surface area contributed by atoms with E-state index >= 15 is 0 Å². The normalized spacial score (nSPS) is 17.3. The predicted octanol–water partition coefficient (Wildman–Crippen LogP) is 3.98. The number of para-hydroxylation sites is 1. The molecular formula is C24H22FN7. The van der Waals surface area contributed by atoms with E-state index in [9.17, 15) is 4.39 Å². The van der Waals surface area contributed by atoms with Crippen molar-refractivity contribution in [1.29, 1.82) is 0 Å². The first-order valence-corrected chi connectivity index (χ1v) is 10.9. The molecule has 0 N–H and O–H groups in total. The van der Waals surface area contributed by atoms with Crippen molar-refractivity contribution in [2.75, 3.05) is 13.1 Å². The van der Waals surface area contributed by atoms with Gasteiger partial charge in [0.25, 0.3) is 0 Å². The monoisotopic (exact) mass is 427 g/mol. The molecule has 3 aromatic heterocycles. The average Bonchev–Trinajstić information content (AvgIpc) is 3.45. The molecule has 4 heterocycles. The summed E-state index contributed by atoms with van der Waals surface area (Å²) in [5.74, 6) is 0.897. The molecule has 7 nitrogen and oxygen atoms in total. The van der Waals surface area contributed by atoms with E-state index < -0.39 is 0 Å². The Bertz CT molecular complexity index is 1370. The first-order chi connectivity index (χ1) is 15.7. The summed E-state index contributed by atoms with van der Waals surface area (Å²) >= 11 is 0. The zero-order chi connectivity index (χ0) is 21.5. The number of hydrogen-bond donors (Lipinski definition) is 0. The van der Waals surface area contributed by atoms with Crippen LogP contribution < -0.4 is 0 Å². The topological polar surface area (TPSA) is 64.1 Å². The summed E-state index contributed by atoms with van der Waals surface area (Å²) in [4.78, 5) is 11.9. The second-order valence-electron chi connectivity index (χ2n) is 8.31. The van der Waals surface area contributed by atoms with Crippen molar-refractivity contribution in [3.05, 3.63) is 84.3 Å². The lowest BCUT2D eigenvalue weighted by Gasteiger charge is -2.31. The maximum atomic E-state index is 13.2. The van der Waals surface area contributed by atoms with E-state index in [1.54, 1.807) is 10.8 Å². The van der Waals surface area contributed by atoms with E-state index in [-0.39, 0.29) is 11.7 Å². The summed E-state index contributed by atoms with van der Waals surface area (Å²) in [6.45, 7) is 2.71.